The molecule has 0 fully saturated rings. The number of rotatable bonds is 1. The minimum Gasteiger partial charge on any atom is -0.504 e. The fourth-order valence-corrected chi connectivity index (χ4v) is 2.68. The Morgan fingerprint density at radius 2 is 1.63 bits per heavy atom. The number of phenols is 2. The summed E-state index contributed by atoms with van der Waals surface area (Å²) in [5.74, 6) is -0.0654. The van der Waals surface area contributed by atoms with Gasteiger partial charge in [-0.1, -0.05) is 30.3 Å². The van der Waals surface area contributed by atoms with Gasteiger partial charge < -0.3 is 15.5 Å². The van der Waals surface area contributed by atoms with Gasteiger partial charge in [0.15, 0.2) is 11.5 Å². The molecule has 2 aromatic rings. The van der Waals surface area contributed by atoms with Gasteiger partial charge >= 0.3 is 0 Å². The number of phenolic OH excluding ortho intramolecular Hbond substituents is 2. The van der Waals surface area contributed by atoms with E-state index in [0.29, 0.717) is 0 Å². The summed E-state index contributed by atoms with van der Waals surface area (Å²) < 4.78 is 0. The fraction of sp³-hybridized carbons (Fsp3) is 0.250. The summed E-state index contributed by atoms with van der Waals surface area (Å²) in [7, 11) is 0. The Bertz CT molecular complexity index is 581. The third kappa shape index (κ3) is 2.42. The molecule has 0 radical (unpaired) electrons. The first kappa shape index (κ1) is 12.1. The lowest BCUT2D eigenvalue weighted by Gasteiger charge is -2.16. The zero-order valence-electron chi connectivity index (χ0n) is 10.6. The fourth-order valence-electron chi connectivity index (χ4n) is 2.68. The van der Waals surface area contributed by atoms with E-state index in [-0.39, 0.29) is 17.5 Å². The van der Waals surface area contributed by atoms with Crippen LogP contribution in [0.5, 0.6) is 11.5 Å². The molecule has 0 bridgehead atoms. The van der Waals surface area contributed by atoms with Crippen molar-refractivity contribution < 1.29 is 10.2 Å². The van der Waals surface area contributed by atoms with Crippen molar-refractivity contribution >= 4 is 0 Å². The number of hydrogen-bond acceptors (Lipinski definition) is 3. The van der Waals surface area contributed by atoms with Crippen molar-refractivity contribution in [2.45, 2.75) is 18.9 Å². The van der Waals surface area contributed by atoms with Crippen molar-refractivity contribution in [2.24, 2.45) is 0 Å². The van der Waals surface area contributed by atoms with E-state index < -0.39 is 0 Å². The molecule has 1 aliphatic heterocycles. The molecule has 2 aromatic carbocycles. The number of fused-ring (bicyclic) bond motifs is 1. The number of benzene rings is 2. The molecular weight excluding hydrogens is 238 g/mol. The number of nitrogens with one attached hydrogen (secondary N) is 1. The molecule has 3 N–H and O–H groups in total. The lowest BCUT2D eigenvalue weighted by Crippen LogP contribution is -2.22. The van der Waals surface area contributed by atoms with Crippen LogP contribution < -0.4 is 5.32 Å². The van der Waals surface area contributed by atoms with Crippen LogP contribution in [0, 0.1) is 0 Å². The zero-order valence-corrected chi connectivity index (χ0v) is 10.6. The highest BCUT2D eigenvalue weighted by Crippen LogP contribution is 2.32. The number of hydrogen-bond donors (Lipinski definition) is 3. The summed E-state index contributed by atoms with van der Waals surface area (Å²) >= 11 is 0. The Kier molecular flexibility index (Phi) is 3.13. The molecule has 19 heavy (non-hydrogen) atoms. The maximum atomic E-state index is 9.65. The first-order valence-corrected chi connectivity index (χ1v) is 6.56. The van der Waals surface area contributed by atoms with E-state index in [1.54, 1.807) is 12.1 Å². The van der Waals surface area contributed by atoms with Gasteiger partial charge in [0.25, 0.3) is 0 Å². The Balaban J connectivity index is 1.94. The standard InChI is InChI=1S/C16H17NO2/c18-15-9-12-6-7-17-14(8-13(12)10-16(15)19)11-4-2-1-3-5-11/h1-5,9-10,14,17-19H,6-8H2. The van der Waals surface area contributed by atoms with E-state index in [1.807, 2.05) is 18.2 Å². The largest absolute Gasteiger partial charge is 0.504 e. The Morgan fingerprint density at radius 1 is 0.947 bits per heavy atom. The van der Waals surface area contributed by atoms with Crippen LogP contribution in [-0.2, 0) is 12.8 Å². The third-order valence-electron chi connectivity index (χ3n) is 3.71. The van der Waals surface area contributed by atoms with Crippen molar-refractivity contribution in [1.82, 2.24) is 5.32 Å². The average Bonchev–Trinajstić information content (AvgIpc) is 2.63. The highest BCUT2D eigenvalue weighted by molar-refractivity contribution is 5.46. The molecule has 0 aromatic heterocycles. The molecule has 1 atom stereocenters. The second-order valence-corrected chi connectivity index (χ2v) is 4.98. The second kappa shape index (κ2) is 4.94. The Morgan fingerprint density at radius 3 is 2.37 bits per heavy atom. The predicted octanol–water partition coefficient (Wildman–Crippen LogP) is 2.53. The van der Waals surface area contributed by atoms with Gasteiger partial charge in [0, 0.05) is 6.04 Å². The van der Waals surface area contributed by atoms with Crippen molar-refractivity contribution in [3.63, 3.8) is 0 Å². The molecule has 3 rings (SSSR count). The molecule has 3 heteroatoms. The van der Waals surface area contributed by atoms with Crippen molar-refractivity contribution in [1.29, 1.82) is 0 Å². The van der Waals surface area contributed by atoms with Crippen LogP contribution in [0.15, 0.2) is 42.5 Å². The minimum atomic E-state index is -0.0348. The van der Waals surface area contributed by atoms with Gasteiger partial charge in [-0.15, -0.1) is 0 Å². The Hall–Kier alpha value is -2.00. The highest BCUT2D eigenvalue weighted by atomic mass is 16.3. The van der Waals surface area contributed by atoms with Crippen molar-refractivity contribution in [3.8, 4) is 11.5 Å². The summed E-state index contributed by atoms with van der Waals surface area (Å²) in [5.41, 5.74) is 3.47. The average molecular weight is 255 g/mol. The normalized spacial score (nSPS) is 18.6. The lowest BCUT2D eigenvalue weighted by molar-refractivity contribution is 0.402. The molecular formula is C16H17NO2. The van der Waals surface area contributed by atoms with E-state index >= 15 is 0 Å². The van der Waals surface area contributed by atoms with Gasteiger partial charge in [-0.2, -0.15) is 0 Å². The molecule has 1 unspecified atom stereocenters. The van der Waals surface area contributed by atoms with Crippen LogP contribution in [0.4, 0.5) is 0 Å². The van der Waals surface area contributed by atoms with E-state index in [4.69, 9.17) is 0 Å². The topological polar surface area (TPSA) is 52.5 Å². The van der Waals surface area contributed by atoms with Gasteiger partial charge in [-0.3, -0.25) is 0 Å². The smallest absolute Gasteiger partial charge is 0.157 e. The molecule has 3 nitrogen and oxygen atoms in total. The van der Waals surface area contributed by atoms with E-state index in [9.17, 15) is 10.2 Å². The molecule has 1 heterocycles. The molecule has 0 aliphatic carbocycles. The SMILES string of the molecule is Oc1cc2c(cc1O)CC(c1ccccc1)NCC2. The van der Waals surface area contributed by atoms with Gasteiger partial charge in [-0.25, -0.2) is 0 Å². The van der Waals surface area contributed by atoms with Gasteiger partial charge in [0.2, 0.25) is 0 Å². The first-order chi connectivity index (χ1) is 9.24. The van der Waals surface area contributed by atoms with E-state index in [1.165, 1.54) is 5.56 Å². The zero-order chi connectivity index (χ0) is 13.2. The summed E-state index contributed by atoms with van der Waals surface area (Å²) in [6.45, 7) is 0.872. The molecule has 0 saturated carbocycles. The number of aromatic hydroxyl groups is 2. The Labute approximate surface area is 112 Å². The maximum absolute atomic E-state index is 9.65. The van der Waals surface area contributed by atoms with Crippen molar-refractivity contribution in [2.75, 3.05) is 6.54 Å². The molecule has 1 aliphatic rings. The maximum Gasteiger partial charge on any atom is 0.157 e. The van der Waals surface area contributed by atoms with E-state index in [2.05, 4.69) is 17.4 Å². The van der Waals surface area contributed by atoms with Crippen LogP contribution in [0.3, 0.4) is 0 Å². The summed E-state index contributed by atoms with van der Waals surface area (Å²) in [6, 6.07) is 13.9. The lowest BCUT2D eigenvalue weighted by atomic mass is 9.96. The highest BCUT2D eigenvalue weighted by Gasteiger charge is 2.19. The van der Waals surface area contributed by atoms with Gasteiger partial charge in [0.05, 0.1) is 0 Å². The van der Waals surface area contributed by atoms with Crippen molar-refractivity contribution in [3.05, 3.63) is 59.2 Å². The van der Waals surface area contributed by atoms with Crippen LogP contribution in [0.2, 0.25) is 0 Å². The summed E-state index contributed by atoms with van der Waals surface area (Å²) in [5, 5.41) is 22.8. The molecule has 98 valence electrons. The van der Waals surface area contributed by atoms with Crippen LogP contribution >= 0.6 is 0 Å². The monoisotopic (exact) mass is 255 g/mol. The first-order valence-electron chi connectivity index (χ1n) is 6.56. The van der Waals surface area contributed by atoms with Gasteiger partial charge in [0.1, 0.15) is 0 Å². The van der Waals surface area contributed by atoms with Crippen LogP contribution in [-0.4, -0.2) is 16.8 Å². The van der Waals surface area contributed by atoms with E-state index in [0.717, 1.165) is 30.5 Å². The van der Waals surface area contributed by atoms with Crippen LogP contribution in [0.25, 0.3) is 0 Å². The predicted molar refractivity (Wildman–Crippen MR) is 74.4 cm³/mol. The van der Waals surface area contributed by atoms with Crippen LogP contribution in [0.1, 0.15) is 22.7 Å². The molecule has 0 spiro atoms. The molecule has 0 amide bonds. The molecule has 0 saturated heterocycles. The van der Waals surface area contributed by atoms with Gasteiger partial charge in [-0.05, 0) is 48.2 Å². The second-order valence-electron chi connectivity index (χ2n) is 4.98. The minimum absolute atomic E-state index is 0.0306. The summed E-state index contributed by atoms with van der Waals surface area (Å²) in [6.07, 6.45) is 1.69. The quantitative estimate of drug-likeness (QED) is 0.686. The summed E-state index contributed by atoms with van der Waals surface area (Å²) in [4.78, 5) is 0. The third-order valence-corrected chi connectivity index (χ3v) is 3.71.